The van der Waals surface area contributed by atoms with Crippen LogP contribution < -0.4 is 0 Å². The van der Waals surface area contributed by atoms with Crippen LogP contribution >= 0.6 is 11.3 Å². The van der Waals surface area contributed by atoms with Crippen molar-refractivity contribution < 1.29 is 13.2 Å². The quantitative estimate of drug-likeness (QED) is 0.434. The molecule has 10 heteroatoms. The van der Waals surface area contributed by atoms with E-state index >= 15 is 0 Å². The summed E-state index contributed by atoms with van der Waals surface area (Å²) in [7, 11) is -3.67. The van der Waals surface area contributed by atoms with Gasteiger partial charge in [-0.25, -0.2) is 8.42 Å². The predicted molar refractivity (Wildman–Crippen MR) is 128 cm³/mol. The number of aromatic nitrogens is 3. The van der Waals surface area contributed by atoms with Crippen molar-refractivity contribution in [1.82, 2.24) is 23.8 Å². The highest BCUT2D eigenvalue weighted by Gasteiger charge is 2.35. The van der Waals surface area contributed by atoms with Crippen molar-refractivity contribution in [1.29, 1.82) is 0 Å². The van der Waals surface area contributed by atoms with Gasteiger partial charge in [-0.3, -0.25) is 9.20 Å². The Balaban J connectivity index is 1.25. The van der Waals surface area contributed by atoms with Gasteiger partial charge in [-0.05, 0) is 48.6 Å². The number of rotatable bonds is 4. The second-order valence-corrected chi connectivity index (χ2v) is 11.7. The maximum Gasteiger partial charge on any atom is 0.255 e. The average molecular weight is 494 g/mol. The van der Waals surface area contributed by atoms with E-state index in [1.54, 1.807) is 10.3 Å². The zero-order valence-corrected chi connectivity index (χ0v) is 20.0. The van der Waals surface area contributed by atoms with Crippen LogP contribution in [-0.4, -0.2) is 51.2 Å². The van der Waals surface area contributed by atoms with Gasteiger partial charge in [-0.2, -0.15) is 4.31 Å². The summed E-state index contributed by atoms with van der Waals surface area (Å²) in [6, 6.07) is 15.0. The summed E-state index contributed by atoms with van der Waals surface area (Å²) in [6.07, 6.45) is 4.25. The van der Waals surface area contributed by atoms with Gasteiger partial charge < -0.3 is 4.90 Å². The Kier molecular flexibility index (Phi) is 5.23. The van der Waals surface area contributed by atoms with Gasteiger partial charge in [0.2, 0.25) is 0 Å². The summed E-state index contributed by atoms with van der Waals surface area (Å²) in [4.78, 5) is 15.2. The molecule has 0 saturated carbocycles. The van der Waals surface area contributed by atoms with E-state index in [4.69, 9.17) is 0 Å². The number of benzene rings is 1. The highest BCUT2D eigenvalue weighted by molar-refractivity contribution is 7.91. The molecule has 1 saturated heterocycles. The van der Waals surface area contributed by atoms with Crippen LogP contribution in [0.1, 0.15) is 46.2 Å². The van der Waals surface area contributed by atoms with Gasteiger partial charge in [0.25, 0.3) is 15.9 Å². The Bertz CT molecular complexity index is 1490. The normalized spacial score (nSPS) is 18.9. The number of carbonyl (C=O) groups is 1. The molecule has 2 aliphatic heterocycles. The SMILES string of the molecule is O=C(c1csc(S(=O)(=O)N2CCc3ccccc3C2)c1)N1CCC[C@H]1c1nnc2ccccn12. The molecular weight excluding hydrogens is 470 g/mol. The van der Waals surface area contributed by atoms with Crippen molar-refractivity contribution in [3.63, 3.8) is 0 Å². The minimum atomic E-state index is -3.67. The maximum atomic E-state index is 13.4. The molecule has 1 amide bonds. The van der Waals surface area contributed by atoms with Crippen LogP contribution in [0.25, 0.3) is 5.65 Å². The molecule has 8 nitrogen and oxygen atoms in total. The number of hydrogen-bond donors (Lipinski definition) is 0. The first-order valence-electron chi connectivity index (χ1n) is 11.3. The van der Waals surface area contributed by atoms with Crippen molar-refractivity contribution in [2.24, 2.45) is 0 Å². The summed E-state index contributed by atoms with van der Waals surface area (Å²) in [5.74, 6) is 0.563. The zero-order valence-electron chi connectivity index (χ0n) is 18.4. The molecule has 0 bridgehead atoms. The van der Waals surface area contributed by atoms with E-state index in [1.807, 2.05) is 53.1 Å². The average Bonchev–Trinajstić information content (AvgIpc) is 3.62. The predicted octanol–water partition coefficient (Wildman–Crippen LogP) is 3.52. The van der Waals surface area contributed by atoms with Crippen LogP contribution in [0.15, 0.2) is 64.3 Å². The Morgan fingerprint density at radius 3 is 2.74 bits per heavy atom. The molecule has 0 radical (unpaired) electrons. The fourth-order valence-electron chi connectivity index (χ4n) is 4.90. The number of fused-ring (bicyclic) bond motifs is 2. The second kappa shape index (κ2) is 8.30. The maximum absolute atomic E-state index is 13.4. The molecule has 6 rings (SSSR count). The van der Waals surface area contributed by atoms with Gasteiger partial charge in [-0.15, -0.1) is 21.5 Å². The molecule has 174 valence electrons. The molecule has 0 spiro atoms. The van der Waals surface area contributed by atoms with Crippen LogP contribution in [0.3, 0.4) is 0 Å². The smallest absolute Gasteiger partial charge is 0.255 e. The molecule has 5 heterocycles. The van der Waals surface area contributed by atoms with E-state index in [2.05, 4.69) is 10.2 Å². The number of nitrogens with zero attached hydrogens (tertiary/aromatic N) is 5. The topological polar surface area (TPSA) is 87.9 Å². The summed E-state index contributed by atoms with van der Waals surface area (Å²) < 4.78 is 30.3. The minimum absolute atomic E-state index is 0.170. The van der Waals surface area contributed by atoms with E-state index in [9.17, 15) is 13.2 Å². The van der Waals surface area contributed by atoms with Gasteiger partial charge in [0, 0.05) is 31.2 Å². The number of pyridine rings is 1. The number of amides is 1. The number of likely N-dealkylation sites (tertiary alicyclic amines) is 1. The van der Waals surface area contributed by atoms with E-state index in [1.165, 1.54) is 15.9 Å². The molecule has 34 heavy (non-hydrogen) atoms. The van der Waals surface area contributed by atoms with Gasteiger partial charge in [0.05, 0.1) is 11.6 Å². The van der Waals surface area contributed by atoms with Gasteiger partial charge in [-0.1, -0.05) is 30.3 Å². The summed E-state index contributed by atoms with van der Waals surface area (Å²) in [5.41, 5.74) is 3.37. The molecule has 0 aliphatic carbocycles. The highest BCUT2D eigenvalue weighted by atomic mass is 32.2. The summed E-state index contributed by atoms with van der Waals surface area (Å²) in [6.45, 7) is 1.40. The van der Waals surface area contributed by atoms with E-state index < -0.39 is 10.0 Å². The fraction of sp³-hybridized carbons (Fsp3) is 0.292. The molecule has 1 aromatic carbocycles. The van der Waals surface area contributed by atoms with Crippen molar-refractivity contribution in [2.45, 2.75) is 36.1 Å². The lowest BCUT2D eigenvalue weighted by Crippen LogP contribution is -2.35. The van der Waals surface area contributed by atoms with Crippen molar-refractivity contribution in [3.8, 4) is 0 Å². The molecule has 0 unspecified atom stereocenters. The lowest BCUT2D eigenvalue weighted by Gasteiger charge is -2.27. The standard InChI is InChI=1S/C24H23N5O3S2/c30-24(28-12-5-8-20(28)23-26-25-21-9-3-4-11-29(21)23)19-14-22(33-16-19)34(31,32)27-13-10-17-6-1-2-7-18(17)15-27/h1-4,6-7,9,11,14,16,20H,5,8,10,12-13,15H2/t20-/m0/s1. The van der Waals surface area contributed by atoms with Crippen molar-refractivity contribution in [2.75, 3.05) is 13.1 Å². The van der Waals surface area contributed by atoms with Gasteiger partial charge in [0.15, 0.2) is 11.5 Å². The molecule has 1 atom stereocenters. The lowest BCUT2D eigenvalue weighted by molar-refractivity contribution is 0.0729. The fourth-order valence-corrected chi connectivity index (χ4v) is 7.62. The molecule has 4 aromatic rings. The van der Waals surface area contributed by atoms with Crippen molar-refractivity contribution in [3.05, 3.63) is 82.6 Å². The number of thiophene rings is 1. The second-order valence-electron chi connectivity index (χ2n) is 8.66. The molecule has 3 aromatic heterocycles. The minimum Gasteiger partial charge on any atom is -0.328 e. The molecule has 0 N–H and O–H groups in total. The summed E-state index contributed by atoms with van der Waals surface area (Å²) in [5, 5.41) is 10.2. The number of hydrogen-bond acceptors (Lipinski definition) is 6. The third-order valence-corrected chi connectivity index (χ3v) is 9.92. The Morgan fingerprint density at radius 2 is 1.85 bits per heavy atom. The first-order chi connectivity index (χ1) is 16.5. The number of carbonyl (C=O) groups excluding carboxylic acids is 1. The van der Waals surface area contributed by atoms with Gasteiger partial charge >= 0.3 is 0 Å². The molecular formula is C24H23N5O3S2. The first kappa shape index (κ1) is 21.5. The monoisotopic (exact) mass is 493 g/mol. The molecule has 1 fully saturated rings. The Hall–Kier alpha value is -3.08. The van der Waals surface area contributed by atoms with Crippen LogP contribution in [-0.2, 0) is 23.0 Å². The lowest BCUT2D eigenvalue weighted by atomic mass is 10.0. The zero-order chi connectivity index (χ0) is 23.3. The Labute approximate surface area is 201 Å². The molecule has 2 aliphatic rings. The van der Waals surface area contributed by atoms with Crippen LogP contribution in [0, 0.1) is 0 Å². The van der Waals surface area contributed by atoms with Gasteiger partial charge in [0.1, 0.15) is 4.21 Å². The largest absolute Gasteiger partial charge is 0.328 e. The number of sulfonamides is 1. The van der Waals surface area contributed by atoms with Crippen molar-refractivity contribution >= 4 is 32.9 Å². The van der Waals surface area contributed by atoms with Crippen LogP contribution in [0.5, 0.6) is 0 Å². The van der Waals surface area contributed by atoms with Crippen LogP contribution in [0.2, 0.25) is 0 Å². The van der Waals surface area contributed by atoms with Crippen LogP contribution in [0.4, 0.5) is 0 Å². The third kappa shape index (κ3) is 3.53. The summed E-state index contributed by atoms with van der Waals surface area (Å²) >= 11 is 1.11. The third-order valence-electron chi connectivity index (χ3n) is 6.66. The van der Waals surface area contributed by atoms with E-state index in [-0.39, 0.29) is 16.2 Å². The highest BCUT2D eigenvalue weighted by Crippen LogP contribution is 2.34. The van der Waals surface area contributed by atoms with E-state index in [0.29, 0.717) is 31.6 Å². The Morgan fingerprint density at radius 1 is 1.03 bits per heavy atom. The first-order valence-corrected chi connectivity index (χ1v) is 13.6. The van der Waals surface area contributed by atoms with E-state index in [0.717, 1.165) is 41.2 Å².